The Labute approximate surface area is 138 Å². The number of carbonyl (C=O) groups is 1. The highest BCUT2D eigenvalue weighted by Gasteiger charge is 2.19. The summed E-state index contributed by atoms with van der Waals surface area (Å²) in [6.07, 6.45) is 1.71. The van der Waals surface area contributed by atoms with E-state index in [1.807, 2.05) is 36.1 Å². The lowest BCUT2D eigenvalue weighted by Gasteiger charge is -2.24. The van der Waals surface area contributed by atoms with Crippen LogP contribution >= 0.6 is 0 Å². The number of hydrogen-bond acceptors (Lipinski definition) is 2. The summed E-state index contributed by atoms with van der Waals surface area (Å²) in [5, 5.41) is 0.886. The molecule has 0 amide bonds. The van der Waals surface area contributed by atoms with E-state index in [0.29, 0.717) is 11.1 Å². The topological polar surface area (TPSA) is 36.1 Å². The van der Waals surface area contributed by atoms with E-state index in [9.17, 15) is 13.6 Å². The van der Waals surface area contributed by atoms with Crippen LogP contribution in [0.1, 0.15) is 28.9 Å². The summed E-state index contributed by atoms with van der Waals surface area (Å²) in [6.45, 7) is 2.04. The molecule has 2 aromatic carbocycles. The molecule has 0 bridgehead atoms. The van der Waals surface area contributed by atoms with Crippen LogP contribution in [0.25, 0.3) is 10.9 Å². The zero-order chi connectivity index (χ0) is 17.3. The fourth-order valence-corrected chi connectivity index (χ4v) is 2.78. The number of Topliss-reactive ketones (excluding diaryl/α,β-unsaturated/α-hetero) is 1. The molecule has 0 aliphatic carbocycles. The Hall–Kier alpha value is -2.53. The maximum atomic E-state index is 13.4. The van der Waals surface area contributed by atoms with Gasteiger partial charge in [-0.2, -0.15) is 0 Å². The van der Waals surface area contributed by atoms with Gasteiger partial charge in [0.1, 0.15) is 0 Å². The molecule has 1 atom stereocenters. The van der Waals surface area contributed by atoms with Gasteiger partial charge >= 0.3 is 0 Å². The lowest BCUT2D eigenvalue weighted by molar-refractivity contribution is 0.0926. The highest BCUT2D eigenvalue weighted by molar-refractivity contribution is 6.08. The molecule has 3 rings (SSSR count). The summed E-state index contributed by atoms with van der Waals surface area (Å²) in [6, 6.07) is 11.2. The molecule has 0 aliphatic rings. The van der Waals surface area contributed by atoms with Crippen molar-refractivity contribution in [2.75, 3.05) is 13.6 Å². The van der Waals surface area contributed by atoms with Gasteiger partial charge in [-0.05, 0) is 37.7 Å². The van der Waals surface area contributed by atoms with Gasteiger partial charge in [-0.15, -0.1) is 0 Å². The van der Waals surface area contributed by atoms with E-state index in [-0.39, 0.29) is 18.4 Å². The summed E-state index contributed by atoms with van der Waals surface area (Å²) in [4.78, 5) is 17.5. The number of carbonyl (C=O) groups excluding carboxylic acids is 1. The lowest BCUT2D eigenvalue weighted by Crippen LogP contribution is -2.28. The average molecular weight is 328 g/mol. The normalized spacial score (nSPS) is 12.7. The number of halogens is 2. The zero-order valence-corrected chi connectivity index (χ0v) is 13.5. The van der Waals surface area contributed by atoms with E-state index < -0.39 is 11.6 Å². The van der Waals surface area contributed by atoms with Crippen LogP contribution < -0.4 is 0 Å². The van der Waals surface area contributed by atoms with Crippen molar-refractivity contribution in [2.45, 2.75) is 13.0 Å². The van der Waals surface area contributed by atoms with Crippen LogP contribution in [0, 0.1) is 11.6 Å². The summed E-state index contributed by atoms with van der Waals surface area (Å²) in [7, 11) is 1.79. The van der Waals surface area contributed by atoms with Gasteiger partial charge in [-0.1, -0.05) is 24.3 Å². The number of fused-ring (bicyclic) bond motifs is 1. The first-order valence-electron chi connectivity index (χ1n) is 7.72. The van der Waals surface area contributed by atoms with Gasteiger partial charge in [0.15, 0.2) is 17.4 Å². The van der Waals surface area contributed by atoms with Crippen LogP contribution in [0.15, 0.2) is 48.7 Å². The molecule has 1 aromatic heterocycles. The van der Waals surface area contributed by atoms with Crippen molar-refractivity contribution in [1.82, 2.24) is 9.88 Å². The van der Waals surface area contributed by atoms with Gasteiger partial charge in [-0.25, -0.2) is 8.78 Å². The molecule has 0 radical (unpaired) electrons. The van der Waals surface area contributed by atoms with E-state index in [2.05, 4.69) is 4.98 Å². The molecule has 1 N–H and O–H groups in total. The van der Waals surface area contributed by atoms with Crippen molar-refractivity contribution in [3.8, 4) is 0 Å². The van der Waals surface area contributed by atoms with Crippen LogP contribution in [0.4, 0.5) is 8.78 Å². The third kappa shape index (κ3) is 3.08. The van der Waals surface area contributed by atoms with Gasteiger partial charge < -0.3 is 4.98 Å². The lowest BCUT2D eigenvalue weighted by atomic mass is 10.1. The quantitative estimate of drug-likeness (QED) is 0.708. The van der Waals surface area contributed by atoms with E-state index in [0.717, 1.165) is 17.0 Å². The Morgan fingerprint density at radius 2 is 1.92 bits per heavy atom. The first kappa shape index (κ1) is 16.3. The minimum atomic E-state index is -0.879. The van der Waals surface area contributed by atoms with E-state index in [1.54, 1.807) is 13.2 Å². The maximum absolute atomic E-state index is 13.4. The van der Waals surface area contributed by atoms with Crippen LogP contribution in [0.2, 0.25) is 0 Å². The second-order valence-electron chi connectivity index (χ2n) is 5.94. The minimum Gasteiger partial charge on any atom is -0.360 e. The molecule has 5 heteroatoms. The van der Waals surface area contributed by atoms with Gasteiger partial charge in [0.25, 0.3) is 0 Å². The fourth-order valence-electron chi connectivity index (χ4n) is 2.78. The van der Waals surface area contributed by atoms with Crippen LogP contribution in [0.5, 0.6) is 0 Å². The van der Waals surface area contributed by atoms with E-state index in [1.165, 1.54) is 12.1 Å². The summed E-state index contributed by atoms with van der Waals surface area (Å²) in [5.41, 5.74) is 2.18. The molecule has 1 heterocycles. The van der Waals surface area contributed by atoms with Crippen molar-refractivity contribution in [1.29, 1.82) is 0 Å². The van der Waals surface area contributed by atoms with Gasteiger partial charge in [-0.3, -0.25) is 9.69 Å². The van der Waals surface area contributed by atoms with Crippen molar-refractivity contribution < 1.29 is 13.6 Å². The molecule has 1 unspecified atom stereocenters. The Kier molecular flexibility index (Phi) is 4.44. The highest BCUT2D eigenvalue weighted by Crippen LogP contribution is 2.23. The van der Waals surface area contributed by atoms with Crippen molar-refractivity contribution in [2.24, 2.45) is 0 Å². The predicted molar refractivity (Wildman–Crippen MR) is 90.0 cm³/mol. The van der Waals surface area contributed by atoms with Crippen LogP contribution in [0.3, 0.4) is 0 Å². The first-order chi connectivity index (χ1) is 11.5. The molecular formula is C19H18F2N2O. The van der Waals surface area contributed by atoms with Gasteiger partial charge in [0.05, 0.1) is 6.54 Å². The standard InChI is InChI=1S/C19H18F2N2O/c1-12(13-7-8-16(20)17(21)9-13)23(2)11-19(24)15-10-22-18-6-4-3-5-14(15)18/h3-10,12,22H,11H2,1-2H3. The Morgan fingerprint density at radius 1 is 1.17 bits per heavy atom. The number of nitrogens with zero attached hydrogens (tertiary/aromatic N) is 1. The highest BCUT2D eigenvalue weighted by atomic mass is 19.2. The van der Waals surface area contributed by atoms with Gasteiger partial charge in [0, 0.05) is 28.7 Å². The molecule has 0 saturated carbocycles. The maximum Gasteiger partial charge on any atom is 0.178 e. The van der Waals surface area contributed by atoms with E-state index >= 15 is 0 Å². The third-order valence-corrected chi connectivity index (χ3v) is 4.37. The second-order valence-corrected chi connectivity index (χ2v) is 5.94. The average Bonchev–Trinajstić information content (AvgIpc) is 3.00. The Bertz CT molecular complexity index is 888. The molecule has 3 aromatic rings. The number of para-hydroxylation sites is 1. The van der Waals surface area contributed by atoms with Crippen molar-refractivity contribution in [3.63, 3.8) is 0 Å². The first-order valence-corrected chi connectivity index (χ1v) is 7.72. The number of aromatic nitrogens is 1. The molecule has 0 saturated heterocycles. The molecule has 0 aliphatic heterocycles. The molecule has 124 valence electrons. The second kappa shape index (κ2) is 6.53. The Morgan fingerprint density at radius 3 is 2.67 bits per heavy atom. The van der Waals surface area contributed by atoms with Crippen LogP contribution in [-0.2, 0) is 0 Å². The monoisotopic (exact) mass is 328 g/mol. The molecular weight excluding hydrogens is 310 g/mol. The minimum absolute atomic E-state index is 0.0237. The number of nitrogens with one attached hydrogen (secondary N) is 1. The van der Waals surface area contributed by atoms with Crippen molar-refractivity contribution in [3.05, 3.63) is 71.4 Å². The summed E-state index contributed by atoms with van der Waals surface area (Å²) < 4.78 is 26.5. The smallest absolute Gasteiger partial charge is 0.178 e. The number of benzene rings is 2. The number of aromatic amines is 1. The molecule has 3 nitrogen and oxygen atoms in total. The largest absolute Gasteiger partial charge is 0.360 e. The SMILES string of the molecule is CC(c1ccc(F)c(F)c1)N(C)CC(=O)c1c[nH]c2ccccc12. The predicted octanol–water partition coefficient (Wildman–Crippen LogP) is 4.32. The summed E-state index contributed by atoms with van der Waals surface area (Å²) in [5.74, 6) is -1.77. The van der Waals surface area contributed by atoms with Crippen molar-refractivity contribution >= 4 is 16.7 Å². The molecule has 0 spiro atoms. The molecule has 24 heavy (non-hydrogen) atoms. The zero-order valence-electron chi connectivity index (χ0n) is 13.5. The fraction of sp³-hybridized carbons (Fsp3) is 0.211. The third-order valence-electron chi connectivity index (χ3n) is 4.37. The number of likely N-dealkylation sites (N-methyl/N-ethyl adjacent to an activating group) is 1. The van der Waals surface area contributed by atoms with Gasteiger partial charge in [0.2, 0.25) is 0 Å². The number of rotatable bonds is 5. The Balaban J connectivity index is 1.77. The van der Waals surface area contributed by atoms with E-state index in [4.69, 9.17) is 0 Å². The van der Waals surface area contributed by atoms with Crippen LogP contribution in [-0.4, -0.2) is 29.3 Å². The number of H-pyrrole nitrogens is 1. The molecule has 0 fully saturated rings. The number of hydrogen-bond donors (Lipinski definition) is 1. The summed E-state index contributed by atoms with van der Waals surface area (Å²) >= 11 is 0. The number of ketones is 1.